The molecule has 0 aliphatic carbocycles. The summed E-state index contributed by atoms with van der Waals surface area (Å²) in [4.78, 5) is 9.36. The third-order valence-corrected chi connectivity index (χ3v) is 1.47. The summed E-state index contributed by atoms with van der Waals surface area (Å²) in [5.74, 6) is 0.330. The van der Waals surface area contributed by atoms with Crippen molar-refractivity contribution in [2.45, 2.75) is 0 Å². The normalized spacial score (nSPS) is 9.42. The van der Waals surface area contributed by atoms with E-state index in [1.165, 1.54) is 0 Å². The number of ether oxygens (including phenoxy) is 1. The number of nitro groups is 1. The molecule has 1 rings (SSSR count). The molecular weight excluding hydrogens is 182 g/mol. The zero-order chi connectivity index (χ0) is 8.97. The molecule has 1 aromatic carbocycles. The summed E-state index contributed by atoms with van der Waals surface area (Å²) in [6.45, 7) is -0.566. The predicted molar refractivity (Wildman–Crippen MR) is 43.9 cm³/mol. The highest BCUT2D eigenvalue weighted by molar-refractivity contribution is 6.32. The van der Waals surface area contributed by atoms with Crippen molar-refractivity contribution in [3.63, 3.8) is 0 Å². The quantitative estimate of drug-likeness (QED) is 0.413. The van der Waals surface area contributed by atoms with Crippen LogP contribution in [0.3, 0.4) is 0 Å². The molecule has 0 saturated carbocycles. The lowest BCUT2D eigenvalue weighted by atomic mass is 10.3. The van der Waals surface area contributed by atoms with Gasteiger partial charge in [-0.25, -0.2) is 0 Å². The molecule has 0 spiro atoms. The number of hydrogen-bond donors (Lipinski definition) is 0. The van der Waals surface area contributed by atoms with Crippen LogP contribution in [0.25, 0.3) is 0 Å². The van der Waals surface area contributed by atoms with Crippen molar-refractivity contribution >= 4 is 11.6 Å². The minimum Gasteiger partial charge on any atom is -0.430 e. The maximum absolute atomic E-state index is 9.92. The van der Waals surface area contributed by atoms with Gasteiger partial charge in [0.05, 0.1) is 9.95 Å². The first-order valence-corrected chi connectivity index (χ1v) is 3.57. The van der Waals surface area contributed by atoms with E-state index >= 15 is 0 Å². The van der Waals surface area contributed by atoms with Crippen molar-refractivity contribution in [2.75, 3.05) is 6.73 Å². The van der Waals surface area contributed by atoms with Gasteiger partial charge in [0, 0.05) is 0 Å². The summed E-state index contributed by atoms with van der Waals surface area (Å²) in [5.41, 5.74) is 0. The van der Waals surface area contributed by atoms with E-state index in [0.29, 0.717) is 10.8 Å². The zero-order valence-corrected chi connectivity index (χ0v) is 6.82. The van der Waals surface area contributed by atoms with Gasteiger partial charge >= 0.3 is 6.73 Å². The van der Waals surface area contributed by atoms with Crippen LogP contribution < -0.4 is 4.74 Å². The third kappa shape index (κ3) is 2.39. The first kappa shape index (κ1) is 8.80. The van der Waals surface area contributed by atoms with Crippen molar-refractivity contribution in [1.82, 2.24) is 0 Å². The van der Waals surface area contributed by atoms with Crippen molar-refractivity contribution in [2.24, 2.45) is 0 Å². The van der Waals surface area contributed by atoms with Crippen LogP contribution in [0, 0.1) is 10.1 Å². The first-order valence-electron chi connectivity index (χ1n) is 3.19. The van der Waals surface area contributed by atoms with Gasteiger partial charge in [0.25, 0.3) is 0 Å². The largest absolute Gasteiger partial charge is 0.430 e. The lowest BCUT2D eigenvalue weighted by molar-refractivity contribution is -0.514. The molecule has 0 radical (unpaired) electrons. The molecule has 0 unspecified atom stereocenters. The summed E-state index contributed by atoms with van der Waals surface area (Å²) < 4.78 is 4.77. The number of hydrogen-bond acceptors (Lipinski definition) is 3. The average molecular weight is 188 g/mol. The molecule has 0 atom stereocenters. The summed E-state index contributed by atoms with van der Waals surface area (Å²) in [7, 11) is 0. The Balaban J connectivity index is 2.63. The Morgan fingerprint density at radius 2 is 2.17 bits per heavy atom. The predicted octanol–water partition coefficient (Wildman–Crippen LogP) is 1.95. The Morgan fingerprint density at radius 3 is 2.75 bits per heavy atom. The monoisotopic (exact) mass is 187 g/mol. The summed E-state index contributed by atoms with van der Waals surface area (Å²) >= 11 is 5.66. The van der Waals surface area contributed by atoms with Gasteiger partial charge in [0.1, 0.15) is 5.75 Å². The molecule has 0 N–H and O–H groups in total. The summed E-state index contributed by atoms with van der Waals surface area (Å²) in [5, 5.41) is 10.3. The Hall–Kier alpha value is -1.29. The lowest BCUT2D eigenvalue weighted by Gasteiger charge is -2.01. The molecule has 64 valence electrons. The molecule has 0 fully saturated rings. The summed E-state index contributed by atoms with van der Waals surface area (Å²) in [6.07, 6.45) is 0. The topological polar surface area (TPSA) is 52.4 Å². The SMILES string of the molecule is O=[N+]([O-])COc1ccccc1Cl. The number of rotatable bonds is 3. The Labute approximate surface area is 73.9 Å². The molecule has 0 bridgehead atoms. The second-order valence-corrected chi connectivity index (χ2v) is 2.44. The number of benzene rings is 1. The highest BCUT2D eigenvalue weighted by Gasteiger charge is 2.02. The highest BCUT2D eigenvalue weighted by atomic mass is 35.5. The smallest absolute Gasteiger partial charge is 0.344 e. The lowest BCUT2D eigenvalue weighted by Crippen LogP contribution is -2.08. The standard InChI is InChI=1S/C7H6ClNO3/c8-6-3-1-2-4-7(6)12-5-9(10)11/h1-4H,5H2. The molecule has 0 heterocycles. The second kappa shape index (κ2) is 3.92. The van der Waals surface area contributed by atoms with E-state index < -0.39 is 11.7 Å². The maximum Gasteiger partial charge on any atom is 0.344 e. The average Bonchev–Trinajstić information content (AvgIpc) is 2.03. The molecule has 0 amide bonds. The van der Waals surface area contributed by atoms with Gasteiger partial charge in [-0.1, -0.05) is 23.7 Å². The number of para-hydroxylation sites is 1. The molecule has 12 heavy (non-hydrogen) atoms. The van der Waals surface area contributed by atoms with Crippen LogP contribution in [0.2, 0.25) is 5.02 Å². The molecule has 0 aliphatic rings. The van der Waals surface area contributed by atoms with E-state index in [1.54, 1.807) is 24.3 Å². The first-order chi connectivity index (χ1) is 5.70. The van der Waals surface area contributed by atoms with E-state index in [1.807, 2.05) is 0 Å². The number of nitrogens with zero attached hydrogens (tertiary/aromatic N) is 1. The van der Waals surface area contributed by atoms with Crippen LogP contribution in [0.15, 0.2) is 24.3 Å². The fourth-order valence-corrected chi connectivity index (χ4v) is 0.874. The van der Waals surface area contributed by atoms with Gasteiger partial charge < -0.3 is 4.74 Å². The Kier molecular flexibility index (Phi) is 2.88. The van der Waals surface area contributed by atoms with Crippen molar-refractivity contribution < 1.29 is 9.66 Å². The van der Waals surface area contributed by atoms with Crippen LogP contribution >= 0.6 is 11.6 Å². The maximum atomic E-state index is 9.92. The van der Waals surface area contributed by atoms with Gasteiger partial charge in [0.2, 0.25) is 0 Å². The zero-order valence-electron chi connectivity index (χ0n) is 6.07. The molecule has 0 aromatic heterocycles. The summed E-state index contributed by atoms with van der Waals surface area (Å²) in [6, 6.07) is 6.60. The van der Waals surface area contributed by atoms with Crippen LogP contribution in [-0.4, -0.2) is 11.7 Å². The van der Waals surface area contributed by atoms with Gasteiger partial charge in [-0.15, -0.1) is 0 Å². The van der Waals surface area contributed by atoms with E-state index in [2.05, 4.69) is 0 Å². The van der Waals surface area contributed by atoms with Gasteiger partial charge in [0.15, 0.2) is 0 Å². The molecule has 0 saturated heterocycles. The molecule has 4 nitrogen and oxygen atoms in total. The van der Waals surface area contributed by atoms with Crippen molar-refractivity contribution in [3.8, 4) is 5.75 Å². The fraction of sp³-hybridized carbons (Fsp3) is 0.143. The molecule has 5 heteroatoms. The van der Waals surface area contributed by atoms with Crippen LogP contribution in [0.5, 0.6) is 5.75 Å². The molecule has 1 aromatic rings. The highest BCUT2D eigenvalue weighted by Crippen LogP contribution is 2.22. The van der Waals surface area contributed by atoms with Crippen LogP contribution in [-0.2, 0) is 0 Å². The van der Waals surface area contributed by atoms with E-state index in [4.69, 9.17) is 16.3 Å². The van der Waals surface area contributed by atoms with Gasteiger partial charge in [-0.3, -0.25) is 10.1 Å². The van der Waals surface area contributed by atoms with Crippen LogP contribution in [0.1, 0.15) is 0 Å². The molecule has 0 aliphatic heterocycles. The fourth-order valence-electron chi connectivity index (χ4n) is 0.684. The van der Waals surface area contributed by atoms with E-state index in [-0.39, 0.29) is 0 Å². The minimum absolute atomic E-state index is 0.330. The Morgan fingerprint density at radius 1 is 1.50 bits per heavy atom. The van der Waals surface area contributed by atoms with Crippen molar-refractivity contribution in [3.05, 3.63) is 39.4 Å². The second-order valence-electron chi connectivity index (χ2n) is 2.04. The minimum atomic E-state index is -0.566. The van der Waals surface area contributed by atoms with Crippen LogP contribution in [0.4, 0.5) is 0 Å². The van der Waals surface area contributed by atoms with Gasteiger partial charge in [-0.05, 0) is 12.1 Å². The number of halogens is 1. The third-order valence-electron chi connectivity index (χ3n) is 1.16. The van der Waals surface area contributed by atoms with Gasteiger partial charge in [-0.2, -0.15) is 0 Å². The molecular formula is C7H6ClNO3. The van der Waals surface area contributed by atoms with Crippen molar-refractivity contribution in [1.29, 1.82) is 0 Å². The Bertz CT molecular complexity index is 290. The van der Waals surface area contributed by atoms with E-state index in [9.17, 15) is 10.1 Å². The van der Waals surface area contributed by atoms with E-state index in [0.717, 1.165) is 0 Å².